The number of allylic oxidation sites excluding steroid dienone is 3. The van der Waals surface area contributed by atoms with Crippen molar-refractivity contribution in [3.63, 3.8) is 0 Å². The molecule has 4 nitrogen and oxygen atoms in total. The second kappa shape index (κ2) is 10.7. The maximum absolute atomic E-state index is 10.9. The Balaban J connectivity index is 0.000000345. The average molecular weight is 273 g/mol. The van der Waals surface area contributed by atoms with Crippen LogP contribution < -0.4 is 5.32 Å². The Labute approximate surface area is 121 Å². The molecule has 20 heavy (non-hydrogen) atoms. The highest BCUT2D eigenvalue weighted by atomic mass is 16.1. The van der Waals surface area contributed by atoms with Crippen molar-refractivity contribution in [2.45, 2.75) is 34.1 Å². The molecule has 1 amide bonds. The molecule has 0 radical (unpaired) electrons. The van der Waals surface area contributed by atoms with Crippen LogP contribution in [0.25, 0.3) is 0 Å². The van der Waals surface area contributed by atoms with E-state index >= 15 is 0 Å². The van der Waals surface area contributed by atoms with E-state index in [1.807, 2.05) is 39.8 Å². The van der Waals surface area contributed by atoms with Crippen molar-refractivity contribution in [3.8, 4) is 0 Å². The minimum Gasteiger partial charge on any atom is -0.326 e. The smallest absolute Gasteiger partial charge is 0.228 e. The largest absolute Gasteiger partial charge is 0.326 e. The minimum atomic E-state index is 0.0491. The lowest BCUT2D eigenvalue weighted by Crippen LogP contribution is -2.13. The Bertz CT molecular complexity index is 476. The SMILES string of the molecule is C=CC1=C(/C=C/C)CC(=O)N1.CC.Cc1cncnc1. The van der Waals surface area contributed by atoms with Crippen LogP contribution in [0.15, 0.2) is 54.8 Å². The van der Waals surface area contributed by atoms with Crippen LogP contribution in [0.3, 0.4) is 0 Å². The van der Waals surface area contributed by atoms with E-state index in [-0.39, 0.29) is 5.91 Å². The Morgan fingerprint density at radius 3 is 2.30 bits per heavy atom. The molecule has 1 aliphatic heterocycles. The van der Waals surface area contributed by atoms with Gasteiger partial charge >= 0.3 is 0 Å². The molecule has 0 aliphatic carbocycles. The van der Waals surface area contributed by atoms with E-state index in [4.69, 9.17) is 0 Å². The molecule has 1 aromatic rings. The number of hydrogen-bond acceptors (Lipinski definition) is 3. The second-order valence-corrected chi connectivity index (χ2v) is 3.78. The molecule has 0 atom stereocenters. The fraction of sp³-hybridized carbons (Fsp3) is 0.312. The first-order chi connectivity index (χ1) is 9.67. The fourth-order valence-electron chi connectivity index (χ4n) is 1.45. The van der Waals surface area contributed by atoms with Crippen LogP contribution in [0.2, 0.25) is 0 Å². The van der Waals surface area contributed by atoms with Gasteiger partial charge in [-0.2, -0.15) is 0 Å². The molecule has 2 heterocycles. The predicted molar refractivity (Wildman–Crippen MR) is 82.9 cm³/mol. The van der Waals surface area contributed by atoms with Crippen molar-refractivity contribution < 1.29 is 4.79 Å². The van der Waals surface area contributed by atoms with Gasteiger partial charge in [0.1, 0.15) is 6.33 Å². The molecular weight excluding hydrogens is 250 g/mol. The molecular formula is C16H23N3O. The van der Waals surface area contributed by atoms with Gasteiger partial charge in [0.25, 0.3) is 0 Å². The maximum Gasteiger partial charge on any atom is 0.228 e. The van der Waals surface area contributed by atoms with Crippen LogP contribution >= 0.6 is 0 Å². The molecule has 0 unspecified atom stereocenters. The molecule has 0 aromatic carbocycles. The first kappa shape index (κ1) is 17.8. The van der Waals surface area contributed by atoms with Crippen LogP contribution in [0.4, 0.5) is 0 Å². The zero-order valence-corrected chi connectivity index (χ0v) is 12.7. The first-order valence-electron chi connectivity index (χ1n) is 6.67. The minimum absolute atomic E-state index is 0.0491. The summed E-state index contributed by atoms with van der Waals surface area (Å²) in [5.41, 5.74) is 2.96. The predicted octanol–water partition coefficient (Wildman–Crippen LogP) is 3.33. The molecule has 2 rings (SSSR count). The van der Waals surface area contributed by atoms with Crippen molar-refractivity contribution in [3.05, 3.63) is 60.4 Å². The van der Waals surface area contributed by atoms with Gasteiger partial charge in [-0.3, -0.25) is 4.79 Å². The maximum atomic E-state index is 10.9. The van der Waals surface area contributed by atoms with E-state index in [1.165, 1.54) is 6.33 Å². The highest BCUT2D eigenvalue weighted by Gasteiger charge is 2.15. The fourth-order valence-corrected chi connectivity index (χ4v) is 1.45. The summed E-state index contributed by atoms with van der Waals surface area (Å²) in [6, 6.07) is 0. The summed E-state index contributed by atoms with van der Waals surface area (Å²) in [6.07, 6.45) is 11.0. The molecule has 108 valence electrons. The van der Waals surface area contributed by atoms with Gasteiger partial charge in [0, 0.05) is 18.1 Å². The summed E-state index contributed by atoms with van der Waals surface area (Å²) >= 11 is 0. The van der Waals surface area contributed by atoms with Gasteiger partial charge < -0.3 is 5.32 Å². The average Bonchev–Trinajstić information content (AvgIpc) is 2.83. The monoisotopic (exact) mass is 273 g/mol. The zero-order chi connectivity index (χ0) is 15.4. The third-order valence-corrected chi connectivity index (χ3v) is 2.23. The van der Waals surface area contributed by atoms with Crippen molar-refractivity contribution in [2.75, 3.05) is 0 Å². The van der Waals surface area contributed by atoms with Crippen LogP contribution in [-0.4, -0.2) is 15.9 Å². The van der Waals surface area contributed by atoms with Gasteiger partial charge in [-0.15, -0.1) is 0 Å². The highest BCUT2D eigenvalue weighted by molar-refractivity contribution is 5.85. The number of carbonyl (C=O) groups excluding carboxylic acids is 1. The van der Waals surface area contributed by atoms with Gasteiger partial charge in [-0.25, -0.2) is 9.97 Å². The topological polar surface area (TPSA) is 54.9 Å². The lowest BCUT2D eigenvalue weighted by molar-refractivity contribution is -0.118. The Kier molecular flexibility index (Phi) is 9.48. The molecule has 1 aliphatic rings. The van der Waals surface area contributed by atoms with E-state index < -0.39 is 0 Å². The van der Waals surface area contributed by atoms with Gasteiger partial charge in [-0.1, -0.05) is 32.6 Å². The molecule has 4 heteroatoms. The number of nitrogens with one attached hydrogen (secondary N) is 1. The lowest BCUT2D eigenvalue weighted by Gasteiger charge is -1.93. The summed E-state index contributed by atoms with van der Waals surface area (Å²) in [6.45, 7) is 11.5. The molecule has 1 aromatic heterocycles. The number of aromatic nitrogens is 2. The summed E-state index contributed by atoms with van der Waals surface area (Å²) in [7, 11) is 0. The zero-order valence-electron chi connectivity index (χ0n) is 12.7. The Hall–Kier alpha value is -2.23. The van der Waals surface area contributed by atoms with Crippen molar-refractivity contribution in [1.29, 1.82) is 0 Å². The van der Waals surface area contributed by atoms with Crippen molar-refractivity contribution >= 4 is 5.91 Å². The molecule has 0 bridgehead atoms. The van der Waals surface area contributed by atoms with Crippen molar-refractivity contribution in [2.24, 2.45) is 0 Å². The lowest BCUT2D eigenvalue weighted by atomic mass is 10.2. The number of nitrogens with zero attached hydrogens (tertiary/aromatic N) is 2. The van der Waals surface area contributed by atoms with Gasteiger partial charge in [0.05, 0.1) is 6.42 Å². The summed E-state index contributed by atoms with van der Waals surface area (Å²) in [5, 5.41) is 2.71. The molecule has 0 spiro atoms. The standard InChI is InChI=1S/C9H11NO.C5H6N2.C2H6/c1-3-5-7-6-9(11)10-8(7)4-2;1-5-2-6-4-7-3-5;1-2/h3-5H,2,6H2,1H3,(H,10,11);2-4H,1H3;1-2H3/b5-3+;;. The van der Waals surface area contributed by atoms with Crippen LogP contribution in [0.5, 0.6) is 0 Å². The number of amides is 1. The van der Waals surface area contributed by atoms with Gasteiger partial charge in [0.15, 0.2) is 0 Å². The molecule has 0 saturated heterocycles. The quantitative estimate of drug-likeness (QED) is 0.899. The number of carbonyl (C=O) groups is 1. The second-order valence-electron chi connectivity index (χ2n) is 3.78. The highest BCUT2D eigenvalue weighted by Crippen LogP contribution is 2.15. The summed E-state index contributed by atoms with van der Waals surface area (Å²) in [5.74, 6) is 0.0491. The first-order valence-corrected chi connectivity index (χ1v) is 6.67. The number of aryl methyl sites for hydroxylation is 1. The summed E-state index contributed by atoms with van der Waals surface area (Å²) < 4.78 is 0. The Morgan fingerprint density at radius 2 is 1.90 bits per heavy atom. The van der Waals surface area contributed by atoms with Crippen molar-refractivity contribution in [1.82, 2.24) is 15.3 Å². The number of hydrogen-bond donors (Lipinski definition) is 1. The Morgan fingerprint density at radius 1 is 1.30 bits per heavy atom. The normalized spacial score (nSPS) is 13.1. The van der Waals surface area contributed by atoms with E-state index in [1.54, 1.807) is 18.5 Å². The molecule has 1 N–H and O–H groups in total. The number of rotatable bonds is 2. The van der Waals surface area contributed by atoms with Gasteiger partial charge in [0.2, 0.25) is 5.91 Å². The van der Waals surface area contributed by atoms with E-state index in [0.717, 1.165) is 16.8 Å². The van der Waals surface area contributed by atoms with E-state index in [9.17, 15) is 4.79 Å². The van der Waals surface area contributed by atoms with E-state index in [0.29, 0.717) is 6.42 Å². The third-order valence-electron chi connectivity index (χ3n) is 2.23. The third kappa shape index (κ3) is 6.64. The molecule has 0 fully saturated rings. The van der Waals surface area contributed by atoms with Gasteiger partial charge in [-0.05, 0) is 31.1 Å². The van der Waals surface area contributed by atoms with Crippen LogP contribution in [0.1, 0.15) is 32.8 Å². The summed E-state index contributed by atoms with van der Waals surface area (Å²) in [4.78, 5) is 18.4. The van der Waals surface area contributed by atoms with Crippen LogP contribution in [-0.2, 0) is 4.79 Å². The molecule has 0 saturated carbocycles. The van der Waals surface area contributed by atoms with E-state index in [2.05, 4.69) is 21.9 Å². The van der Waals surface area contributed by atoms with Crippen LogP contribution in [0, 0.1) is 6.92 Å².